The lowest BCUT2D eigenvalue weighted by Crippen LogP contribution is -2.08. The van der Waals surface area contributed by atoms with E-state index in [4.69, 9.17) is 23.2 Å². The number of aromatic nitrogens is 1. The van der Waals surface area contributed by atoms with Gasteiger partial charge in [0.1, 0.15) is 0 Å². The third kappa shape index (κ3) is 3.74. The molecule has 0 saturated heterocycles. The van der Waals surface area contributed by atoms with Gasteiger partial charge in [-0.2, -0.15) is 0 Å². The van der Waals surface area contributed by atoms with Crippen molar-refractivity contribution >= 4 is 40.5 Å². The van der Waals surface area contributed by atoms with E-state index in [1.807, 2.05) is 6.92 Å². The summed E-state index contributed by atoms with van der Waals surface area (Å²) in [5, 5.41) is 6.11. The van der Waals surface area contributed by atoms with Crippen LogP contribution in [0.15, 0.2) is 24.3 Å². The van der Waals surface area contributed by atoms with Gasteiger partial charge in [-0.25, -0.2) is 13.8 Å². The lowest BCUT2D eigenvalue weighted by molar-refractivity contribution is 0.579. The van der Waals surface area contributed by atoms with Gasteiger partial charge in [0.2, 0.25) is 0 Å². The van der Waals surface area contributed by atoms with Crippen LogP contribution in [0.3, 0.4) is 0 Å². The molecule has 0 radical (unpaired) electrons. The highest BCUT2D eigenvalue weighted by Gasteiger charge is 2.14. The number of anilines is 3. The van der Waals surface area contributed by atoms with Crippen LogP contribution in [0.2, 0.25) is 10.0 Å². The van der Waals surface area contributed by atoms with Crippen LogP contribution < -0.4 is 10.6 Å². The molecule has 2 rings (SSSR count). The monoisotopic (exact) mass is 331 g/mol. The van der Waals surface area contributed by atoms with E-state index >= 15 is 0 Å². The number of rotatable bonds is 5. The molecule has 1 heterocycles. The first kappa shape index (κ1) is 15.8. The van der Waals surface area contributed by atoms with E-state index in [0.717, 1.165) is 12.5 Å². The second kappa shape index (κ2) is 6.91. The molecule has 7 heteroatoms. The summed E-state index contributed by atoms with van der Waals surface area (Å²) in [5.74, 6) is -1.75. The summed E-state index contributed by atoms with van der Waals surface area (Å²) in [6.07, 6.45) is 0.789. The molecule has 112 valence electrons. The Morgan fingerprint density at radius 1 is 1.10 bits per heavy atom. The molecule has 0 aliphatic carbocycles. The number of pyridine rings is 1. The summed E-state index contributed by atoms with van der Waals surface area (Å²) in [4.78, 5) is 3.90. The lowest BCUT2D eigenvalue weighted by atomic mass is 10.3. The summed E-state index contributed by atoms with van der Waals surface area (Å²) in [6.45, 7) is 2.46. The predicted molar refractivity (Wildman–Crippen MR) is 82.7 cm³/mol. The molecule has 0 atom stereocenters. The number of halogens is 4. The topological polar surface area (TPSA) is 37.0 Å². The Labute approximate surface area is 131 Å². The standard InChI is InChI=1S/C14H13Cl2F2N3/c1-2-6-19-13-10(17)7-11(18)14(21-13)20-12-8(15)4-3-5-9(12)16/h3-5,7H,2,6H2,1H3,(H2,19,20,21). The second-order valence-electron chi connectivity index (χ2n) is 4.30. The molecule has 0 fully saturated rings. The fourth-order valence-electron chi connectivity index (χ4n) is 1.66. The first-order valence-electron chi connectivity index (χ1n) is 6.34. The van der Waals surface area contributed by atoms with Crippen molar-refractivity contribution in [2.45, 2.75) is 13.3 Å². The van der Waals surface area contributed by atoms with Crippen LogP contribution in [0, 0.1) is 11.6 Å². The molecule has 0 spiro atoms. The number of para-hydroxylation sites is 1. The van der Waals surface area contributed by atoms with Crippen molar-refractivity contribution in [2.75, 3.05) is 17.2 Å². The molecule has 21 heavy (non-hydrogen) atoms. The molecule has 3 nitrogen and oxygen atoms in total. The zero-order chi connectivity index (χ0) is 15.4. The molecule has 0 bridgehead atoms. The van der Waals surface area contributed by atoms with E-state index in [-0.39, 0.29) is 11.6 Å². The van der Waals surface area contributed by atoms with Gasteiger partial charge >= 0.3 is 0 Å². The van der Waals surface area contributed by atoms with Gasteiger partial charge in [0.25, 0.3) is 0 Å². The highest BCUT2D eigenvalue weighted by molar-refractivity contribution is 6.39. The molecule has 1 aromatic heterocycles. The van der Waals surface area contributed by atoms with Crippen LogP contribution in [0.25, 0.3) is 0 Å². The van der Waals surface area contributed by atoms with E-state index in [0.29, 0.717) is 22.3 Å². The van der Waals surface area contributed by atoms with Gasteiger partial charge in [-0.3, -0.25) is 0 Å². The van der Waals surface area contributed by atoms with Crippen LogP contribution in [-0.4, -0.2) is 11.5 Å². The third-order valence-electron chi connectivity index (χ3n) is 2.68. The Hall–Kier alpha value is -1.59. The van der Waals surface area contributed by atoms with Crippen LogP contribution >= 0.6 is 23.2 Å². The maximum atomic E-state index is 13.8. The number of benzene rings is 1. The molecule has 0 aliphatic heterocycles. The Bertz CT molecular complexity index is 630. The van der Waals surface area contributed by atoms with E-state index < -0.39 is 11.6 Å². The van der Waals surface area contributed by atoms with Gasteiger partial charge in [-0.15, -0.1) is 0 Å². The summed E-state index contributed by atoms with van der Waals surface area (Å²) >= 11 is 12.0. The van der Waals surface area contributed by atoms with Crippen molar-refractivity contribution in [1.29, 1.82) is 0 Å². The molecule has 0 unspecified atom stereocenters. The van der Waals surface area contributed by atoms with Crippen molar-refractivity contribution in [3.8, 4) is 0 Å². The second-order valence-corrected chi connectivity index (χ2v) is 5.11. The van der Waals surface area contributed by atoms with Crippen molar-refractivity contribution in [1.82, 2.24) is 4.98 Å². The summed E-state index contributed by atoms with van der Waals surface area (Å²) in [5.41, 5.74) is 0.320. The van der Waals surface area contributed by atoms with Gasteiger partial charge in [-0.05, 0) is 18.6 Å². The van der Waals surface area contributed by atoms with Gasteiger partial charge in [-0.1, -0.05) is 36.2 Å². The van der Waals surface area contributed by atoms with Gasteiger partial charge in [0.15, 0.2) is 23.3 Å². The van der Waals surface area contributed by atoms with Gasteiger partial charge in [0.05, 0.1) is 15.7 Å². The zero-order valence-corrected chi connectivity index (χ0v) is 12.7. The first-order chi connectivity index (χ1) is 10.0. The maximum absolute atomic E-state index is 13.8. The predicted octanol–water partition coefficient (Wildman–Crippen LogP) is 5.23. The smallest absolute Gasteiger partial charge is 0.169 e. The number of hydrogen-bond acceptors (Lipinski definition) is 3. The highest BCUT2D eigenvalue weighted by Crippen LogP contribution is 2.33. The Morgan fingerprint density at radius 2 is 1.71 bits per heavy atom. The molecule has 2 N–H and O–H groups in total. The molecular formula is C14H13Cl2F2N3. The van der Waals surface area contributed by atoms with Crippen LogP contribution in [0.1, 0.15) is 13.3 Å². The Balaban J connectivity index is 2.35. The fourth-order valence-corrected chi connectivity index (χ4v) is 2.15. The SMILES string of the molecule is CCCNc1nc(Nc2c(Cl)cccc2Cl)c(F)cc1F. The zero-order valence-electron chi connectivity index (χ0n) is 11.2. The fraction of sp³-hybridized carbons (Fsp3) is 0.214. The molecule has 1 aromatic carbocycles. The summed E-state index contributed by atoms with van der Waals surface area (Å²) < 4.78 is 27.4. The van der Waals surface area contributed by atoms with Crippen molar-refractivity contribution in [3.05, 3.63) is 45.9 Å². The Kier molecular flexibility index (Phi) is 5.20. The quantitative estimate of drug-likeness (QED) is 0.787. The highest BCUT2D eigenvalue weighted by atomic mass is 35.5. The van der Waals surface area contributed by atoms with E-state index in [1.165, 1.54) is 0 Å². The van der Waals surface area contributed by atoms with Gasteiger partial charge < -0.3 is 10.6 Å². The molecule has 0 aliphatic rings. The van der Waals surface area contributed by atoms with Crippen LogP contribution in [0.4, 0.5) is 26.1 Å². The van der Waals surface area contributed by atoms with Crippen LogP contribution in [-0.2, 0) is 0 Å². The van der Waals surface area contributed by atoms with Crippen molar-refractivity contribution < 1.29 is 8.78 Å². The molecule has 2 aromatic rings. The number of nitrogens with one attached hydrogen (secondary N) is 2. The summed E-state index contributed by atoms with van der Waals surface area (Å²) in [6, 6.07) is 5.64. The molecule has 0 amide bonds. The van der Waals surface area contributed by atoms with E-state index in [9.17, 15) is 8.78 Å². The van der Waals surface area contributed by atoms with E-state index in [2.05, 4.69) is 15.6 Å². The molecule has 0 saturated carbocycles. The minimum Gasteiger partial charge on any atom is -0.368 e. The van der Waals surface area contributed by atoms with Crippen molar-refractivity contribution in [2.24, 2.45) is 0 Å². The minimum absolute atomic E-state index is 0.0241. The van der Waals surface area contributed by atoms with E-state index in [1.54, 1.807) is 18.2 Å². The third-order valence-corrected chi connectivity index (χ3v) is 3.31. The largest absolute Gasteiger partial charge is 0.368 e. The van der Waals surface area contributed by atoms with Crippen molar-refractivity contribution in [3.63, 3.8) is 0 Å². The lowest BCUT2D eigenvalue weighted by Gasteiger charge is -2.12. The Morgan fingerprint density at radius 3 is 2.33 bits per heavy atom. The average molecular weight is 332 g/mol. The average Bonchev–Trinajstić information content (AvgIpc) is 2.44. The number of hydrogen-bond donors (Lipinski definition) is 2. The first-order valence-corrected chi connectivity index (χ1v) is 7.09. The maximum Gasteiger partial charge on any atom is 0.169 e. The minimum atomic E-state index is -0.828. The number of nitrogens with zero attached hydrogens (tertiary/aromatic N) is 1. The molecular weight excluding hydrogens is 319 g/mol. The summed E-state index contributed by atoms with van der Waals surface area (Å²) in [7, 11) is 0. The van der Waals surface area contributed by atoms with Crippen LogP contribution in [0.5, 0.6) is 0 Å². The normalized spacial score (nSPS) is 10.5. The van der Waals surface area contributed by atoms with Gasteiger partial charge in [0, 0.05) is 12.6 Å².